The first-order valence-electron chi connectivity index (χ1n) is 10.4. The lowest BCUT2D eigenvalue weighted by molar-refractivity contribution is 0.0549. The van der Waals surface area contributed by atoms with E-state index in [0.29, 0.717) is 34.9 Å². The zero-order valence-corrected chi connectivity index (χ0v) is 16.9. The number of fused-ring (bicyclic) bond motifs is 1. The Balaban J connectivity index is 1.48. The minimum atomic E-state index is -0.456. The van der Waals surface area contributed by atoms with Gasteiger partial charge in [0.1, 0.15) is 5.75 Å². The molecule has 2 aromatic rings. The summed E-state index contributed by atoms with van der Waals surface area (Å²) in [6.07, 6.45) is 4.94. The first-order valence-corrected chi connectivity index (χ1v) is 10.4. The molecule has 156 valence electrons. The van der Waals surface area contributed by atoms with Gasteiger partial charge in [-0.25, -0.2) is 4.79 Å². The van der Waals surface area contributed by atoms with Crippen molar-refractivity contribution in [2.45, 2.75) is 45.1 Å². The predicted octanol–water partition coefficient (Wildman–Crippen LogP) is 4.66. The number of rotatable bonds is 5. The van der Waals surface area contributed by atoms with Crippen molar-refractivity contribution in [1.82, 2.24) is 4.90 Å². The van der Waals surface area contributed by atoms with E-state index in [0.717, 1.165) is 32.1 Å². The summed E-state index contributed by atoms with van der Waals surface area (Å²) in [5.41, 5.74) is 1.75. The van der Waals surface area contributed by atoms with Crippen molar-refractivity contribution in [3.63, 3.8) is 0 Å². The van der Waals surface area contributed by atoms with Crippen LogP contribution in [0.4, 0.5) is 16.2 Å². The van der Waals surface area contributed by atoms with Crippen LogP contribution in [0.1, 0.15) is 59.7 Å². The van der Waals surface area contributed by atoms with Gasteiger partial charge in [-0.1, -0.05) is 31.4 Å². The fourth-order valence-electron chi connectivity index (χ4n) is 4.14. The van der Waals surface area contributed by atoms with E-state index in [9.17, 15) is 14.4 Å². The number of nitrogens with one attached hydrogen (secondary N) is 2. The second-order valence-electron chi connectivity index (χ2n) is 7.54. The number of carbonyl (C=O) groups excluding carboxylic acids is 3. The molecule has 7 nitrogen and oxygen atoms in total. The first kappa shape index (κ1) is 19.9. The smallest absolute Gasteiger partial charge is 0.323 e. The summed E-state index contributed by atoms with van der Waals surface area (Å²) in [4.78, 5) is 39.5. The molecule has 4 amide bonds. The molecule has 1 saturated carbocycles. The molecule has 1 aliphatic heterocycles. The van der Waals surface area contributed by atoms with Crippen LogP contribution in [0.25, 0.3) is 0 Å². The van der Waals surface area contributed by atoms with Gasteiger partial charge in [-0.2, -0.15) is 0 Å². The van der Waals surface area contributed by atoms with Gasteiger partial charge in [0.2, 0.25) is 0 Å². The van der Waals surface area contributed by atoms with Crippen molar-refractivity contribution in [1.29, 1.82) is 0 Å². The monoisotopic (exact) mass is 407 g/mol. The van der Waals surface area contributed by atoms with E-state index >= 15 is 0 Å². The second kappa shape index (κ2) is 8.57. The van der Waals surface area contributed by atoms with Crippen LogP contribution in [0.2, 0.25) is 0 Å². The molecular weight excluding hydrogens is 382 g/mol. The van der Waals surface area contributed by atoms with Crippen LogP contribution >= 0.6 is 0 Å². The van der Waals surface area contributed by atoms with Gasteiger partial charge < -0.3 is 15.4 Å². The fourth-order valence-corrected chi connectivity index (χ4v) is 4.14. The number of hydrogen-bond donors (Lipinski definition) is 2. The third-order valence-electron chi connectivity index (χ3n) is 5.55. The lowest BCUT2D eigenvalue weighted by Crippen LogP contribution is -2.40. The number of hydrogen-bond acceptors (Lipinski definition) is 4. The number of nitrogens with zero attached hydrogens (tertiary/aromatic N) is 1. The molecule has 2 N–H and O–H groups in total. The third-order valence-corrected chi connectivity index (χ3v) is 5.55. The summed E-state index contributed by atoms with van der Waals surface area (Å²) >= 11 is 0. The van der Waals surface area contributed by atoms with Crippen molar-refractivity contribution in [2.75, 3.05) is 17.2 Å². The van der Waals surface area contributed by atoms with Crippen molar-refractivity contribution >= 4 is 29.2 Å². The number of carbonyl (C=O) groups is 3. The van der Waals surface area contributed by atoms with Crippen molar-refractivity contribution in [3.8, 4) is 5.75 Å². The number of ether oxygens (including phenoxy) is 1. The number of imide groups is 1. The van der Waals surface area contributed by atoms with E-state index in [2.05, 4.69) is 10.6 Å². The molecule has 0 spiro atoms. The average molecular weight is 407 g/mol. The highest BCUT2D eigenvalue weighted by atomic mass is 16.5. The third kappa shape index (κ3) is 3.87. The van der Waals surface area contributed by atoms with Gasteiger partial charge in [0.05, 0.1) is 23.4 Å². The highest BCUT2D eigenvalue weighted by Gasteiger charge is 2.40. The van der Waals surface area contributed by atoms with Gasteiger partial charge in [-0.05, 0) is 50.1 Å². The molecule has 0 atom stereocenters. The topological polar surface area (TPSA) is 87.7 Å². The number of benzene rings is 2. The number of anilines is 2. The number of amides is 4. The average Bonchev–Trinajstić information content (AvgIpc) is 3.00. The summed E-state index contributed by atoms with van der Waals surface area (Å²) < 4.78 is 5.51. The summed E-state index contributed by atoms with van der Waals surface area (Å²) in [6.45, 7) is 2.36. The normalized spacial score (nSPS) is 16.4. The van der Waals surface area contributed by atoms with Crippen LogP contribution in [0, 0.1) is 0 Å². The van der Waals surface area contributed by atoms with Crippen LogP contribution in [-0.2, 0) is 0 Å². The highest BCUT2D eigenvalue weighted by molar-refractivity contribution is 6.22. The molecule has 1 fully saturated rings. The number of para-hydroxylation sites is 2. The zero-order chi connectivity index (χ0) is 21.1. The van der Waals surface area contributed by atoms with Crippen molar-refractivity contribution < 1.29 is 19.1 Å². The predicted molar refractivity (Wildman–Crippen MR) is 114 cm³/mol. The van der Waals surface area contributed by atoms with Crippen LogP contribution < -0.4 is 15.4 Å². The Kier molecular flexibility index (Phi) is 5.70. The van der Waals surface area contributed by atoms with Gasteiger partial charge in [-0.3, -0.25) is 14.5 Å². The van der Waals surface area contributed by atoms with E-state index in [-0.39, 0.29) is 17.9 Å². The molecular formula is C23H25N3O4. The maximum absolute atomic E-state index is 12.9. The molecule has 0 unspecified atom stereocenters. The molecule has 4 rings (SSSR count). The SMILES string of the molecule is CCOc1ccccc1NC(=O)Nc1ccc2c(c1)C(=O)N(C1CCCCC1)C2=O. The van der Waals surface area contributed by atoms with E-state index in [1.807, 2.05) is 13.0 Å². The quantitative estimate of drug-likeness (QED) is 0.706. The maximum atomic E-state index is 12.9. The second-order valence-corrected chi connectivity index (χ2v) is 7.54. The molecule has 30 heavy (non-hydrogen) atoms. The van der Waals surface area contributed by atoms with Gasteiger partial charge >= 0.3 is 6.03 Å². The van der Waals surface area contributed by atoms with Gasteiger partial charge in [-0.15, -0.1) is 0 Å². The zero-order valence-electron chi connectivity index (χ0n) is 16.9. The fraction of sp³-hybridized carbons (Fsp3) is 0.348. The lowest BCUT2D eigenvalue weighted by Gasteiger charge is -2.29. The van der Waals surface area contributed by atoms with Gasteiger partial charge in [0.25, 0.3) is 11.8 Å². The van der Waals surface area contributed by atoms with Crippen LogP contribution in [0.5, 0.6) is 5.75 Å². The Morgan fingerprint density at radius 2 is 1.73 bits per heavy atom. The van der Waals surface area contributed by atoms with Gasteiger partial charge in [0, 0.05) is 11.7 Å². The summed E-state index contributed by atoms with van der Waals surface area (Å²) in [6, 6.07) is 11.5. The molecule has 0 bridgehead atoms. The Hall–Kier alpha value is -3.35. The summed E-state index contributed by atoms with van der Waals surface area (Å²) in [7, 11) is 0. The minimum Gasteiger partial charge on any atom is -0.492 e. The summed E-state index contributed by atoms with van der Waals surface area (Å²) in [5, 5.41) is 5.49. The summed E-state index contributed by atoms with van der Waals surface area (Å²) in [5.74, 6) is 0.0733. The molecule has 0 saturated heterocycles. The Morgan fingerprint density at radius 1 is 1.00 bits per heavy atom. The van der Waals surface area contributed by atoms with E-state index in [1.165, 1.54) is 4.90 Å². The maximum Gasteiger partial charge on any atom is 0.323 e. The molecule has 0 aromatic heterocycles. The Morgan fingerprint density at radius 3 is 2.50 bits per heavy atom. The van der Waals surface area contributed by atoms with E-state index in [1.54, 1.807) is 36.4 Å². The molecule has 1 aliphatic carbocycles. The van der Waals surface area contributed by atoms with Crippen molar-refractivity contribution in [2.24, 2.45) is 0 Å². The molecule has 7 heteroatoms. The molecule has 2 aromatic carbocycles. The Labute approximate surface area is 175 Å². The molecule has 0 radical (unpaired) electrons. The van der Waals surface area contributed by atoms with Crippen LogP contribution in [-0.4, -0.2) is 35.4 Å². The van der Waals surface area contributed by atoms with Crippen LogP contribution in [0.15, 0.2) is 42.5 Å². The number of urea groups is 1. The molecule has 2 aliphatic rings. The molecule has 1 heterocycles. The Bertz CT molecular complexity index is 982. The first-order chi connectivity index (χ1) is 14.6. The standard InChI is InChI=1S/C23H25N3O4/c1-2-30-20-11-7-6-10-19(20)25-23(29)24-15-12-13-17-18(14-15)22(28)26(21(17)27)16-8-4-3-5-9-16/h6-7,10-14,16H,2-5,8-9H2,1H3,(H2,24,25,29). The lowest BCUT2D eigenvalue weighted by atomic mass is 9.94. The largest absolute Gasteiger partial charge is 0.492 e. The van der Waals surface area contributed by atoms with Gasteiger partial charge in [0.15, 0.2) is 0 Å². The van der Waals surface area contributed by atoms with Crippen LogP contribution in [0.3, 0.4) is 0 Å². The van der Waals surface area contributed by atoms with Crippen molar-refractivity contribution in [3.05, 3.63) is 53.6 Å². The van der Waals surface area contributed by atoms with E-state index < -0.39 is 6.03 Å². The van der Waals surface area contributed by atoms with E-state index in [4.69, 9.17) is 4.74 Å². The highest BCUT2D eigenvalue weighted by Crippen LogP contribution is 2.32. The minimum absolute atomic E-state index is 0.0269.